The monoisotopic (exact) mass is 407 g/mol. The zero-order chi connectivity index (χ0) is 16.7. The lowest BCUT2D eigenvalue weighted by atomic mass is 10.2. The summed E-state index contributed by atoms with van der Waals surface area (Å²) < 4.78 is 7.81. The Morgan fingerprint density at radius 1 is 1.25 bits per heavy atom. The Morgan fingerprint density at radius 3 is 2.67 bits per heavy atom. The van der Waals surface area contributed by atoms with E-state index in [0.29, 0.717) is 16.4 Å². The molecule has 6 nitrogen and oxygen atoms in total. The number of hydrogen-bond donors (Lipinski definition) is 0. The molecule has 124 valence electrons. The number of aromatic nitrogens is 4. The predicted octanol–water partition coefficient (Wildman–Crippen LogP) is 3.72. The summed E-state index contributed by atoms with van der Waals surface area (Å²) >= 11 is 9.50. The van der Waals surface area contributed by atoms with Gasteiger partial charge < -0.3 is 9.64 Å². The van der Waals surface area contributed by atoms with Gasteiger partial charge in [-0.2, -0.15) is 9.97 Å². The second-order valence-corrected chi connectivity index (χ2v) is 6.88. The molecule has 1 fully saturated rings. The fraction of sp³-hybridized carbons (Fsp3) is 0.312. The van der Waals surface area contributed by atoms with Crippen LogP contribution in [0.3, 0.4) is 0 Å². The molecule has 1 aliphatic carbocycles. The number of rotatable bonds is 5. The van der Waals surface area contributed by atoms with Gasteiger partial charge in [0.2, 0.25) is 17.0 Å². The zero-order valence-electron chi connectivity index (χ0n) is 13.0. The van der Waals surface area contributed by atoms with E-state index >= 15 is 0 Å². The second kappa shape index (κ2) is 6.22. The fourth-order valence-corrected chi connectivity index (χ4v) is 3.21. The molecule has 0 unspecified atom stereocenters. The molecule has 0 amide bonds. The van der Waals surface area contributed by atoms with Crippen molar-refractivity contribution < 1.29 is 4.74 Å². The molecule has 1 saturated carbocycles. The molecule has 0 N–H and O–H groups in total. The van der Waals surface area contributed by atoms with Crippen molar-refractivity contribution in [1.82, 2.24) is 19.4 Å². The molecule has 4 rings (SSSR count). The van der Waals surface area contributed by atoms with Gasteiger partial charge in [-0.1, -0.05) is 12.1 Å². The molecular weight excluding hydrogens is 394 g/mol. The van der Waals surface area contributed by atoms with Gasteiger partial charge in [0.25, 0.3) is 0 Å². The molecule has 0 atom stereocenters. The third kappa shape index (κ3) is 3.06. The Labute approximate surface area is 152 Å². The van der Waals surface area contributed by atoms with Gasteiger partial charge in [0.05, 0.1) is 7.11 Å². The van der Waals surface area contributed by atoms with Gasteiger partial charge in [-0.15, -0.1) is 0 Å². The number of ether oxygens (including phenoxy) is 1. The van der Waals surface area contributed by atoms with Crippen LogP contribution in [0.2, 0.25) is 5.28 Å². The van der Waals surface area contributed by atoms with Crippen LogP contribution in [0.25, 0.3) is 5.78 Å². The topological polar surface area (TPSA) is 55.5 Å². The number of nitrogens with zero attached hydrogens (tertiary/aromatic N) is 5. The highest BCUT2D eigenvalue weighted by Gasteiger charge is 2.32. The summed E-state index contributed by atoms with van der Waals surface area (Å²) in [4.78, 5) is 15.2. The normalized spacial score (nSPS) is 14.1. The number of methoxy groups -OCH3 is 1. The summed E-state index contributed by atoms with van der Waals surface area (Å²) in [5, 5.41) is 0.205. The molecule has 0 bridgehead atoms. The zero-order valence-corrected chi connectivity index (χ0v) is 15.3. The molecule has 1 aromatic carbocycles. The van der Waals surface area contributed by atoms with E-state index in [-0.39, 0.29) is 5.28 Å². The first-order valence-corrected chi connectivity index (χ1v) is 8.79. The van der Waals surface area contributed by atoms with E-state index in [2.05, 4.69) is 47.9 Å². The maximum atomic E-state index is 6.11. The van der Waals surface area contributed by atoms with Crippen molar-refractivity contribution in [3.63, 3.8) is 0 Å². The van der Waals surface area contributed by atoms with Gasteiger partial charge in [0, 0.05) is 18.8 Å². The van der Waals surface area contributed by atoms with Gasteiger partial charge in [-0.3, -0.25) is 4.40 Å². The minimum atomic E-state index is 0.205. The molecule has 0 saturated heterocycles. The Morgan fingerprint density at radius 2 is 2.00 bits per heavy atom. The molecular formula is C16H15BrClN5O. The van der Waals surface area contributed by atoms with Crippen molar-refractivity contribution in [3.05, 3.63) is 45.9 Å². The average molecular weight is 409 g/mol. The summed E-state index contributed by atoms with van der Waals surface area (Å²) in [5.74, 6) is 2.15. The van der Waals surface area contributed by atoms with Crippen LogP contribution in [0, 0.1) is 0 Å². The first-order chi connectivity index (χ1) is 11.6. The smallest absolute Gasteiger partial charge is 0.240 e. The SMILES string of the molecule is COc1ccc(CN(c2nc(Cl)nc3nc(Br)cn23)C2CC2)cc1. The first-order valence-electron chi connectivity index (χ1n) is 7.62. The largest absolute Gasteiger partial charge is 0.497 e. The maximum Gasteiger partial charge on any atom is 0.240 e. The lowest BCUT2D eigenvalue weighted by Crippen LogP contribution is -2.28. The number of benzene rings is 1. The molecule has 24 heavy (non-hydrogen) atoms. The minimum Gasteiger partial charge on any atom is -0.497 e. The van der Waals surface area contributed by atoms with E-state index in [0.717, 1.165) is 31.1 Å². The molecule has 2 aromatic heterocycles. The molecule has 8 heteroatoms. The number of fused-ring (bicyclic) bond motifs is 1. The van der Waals surface area contributed by atoms with E-state index in [4.69, 9.17) is 16.3 Å². The van der Waals surface area contributed by atoms with E-state index in [9.17, 15) is 0 Å². The number of hydrogen-bond acceptors (Lipinski definition) is 5. The highest BCUT2D eigenvalue weighted by atomic mass is 79.9. The van der Waals surface area contributed by atoms with Crippen LogP contribution in [-0.4, -0.2) is 32.5 Å². The van der Waals surface area contributed by atoms with Gasteiger partial charge in [-0.25, -0.2) is 4.98 Å². The Kier molecular flexibility index (Phi) is 4.05. The van der Waals surface area contributed by atoms with E-state index in [1.54, 1.807) is 7.11 Å². The number of anilines is 1. The van der Waals surface area contributed by atoms with Crippen LogP contribution in [0.15, 0.2) is 35.1 Å². The predicted molar refractivity (Wildman–Crippen MR) is 95.7 cm³/mol. The summed E-state index contributed by atoms with van der Waals surface area (Å²) in [6, 6.07) is 8.53. The van der Waals surface area contributed by atoms with Crippen LogP contribution in [0.4, 0.5) is 5.95 Å². The number of imidazole rings is 1. The highest BCUT2D eigenvalue weighted by Crippen LogP contribution is 2.33. The fourth-order valence-electron chi connectivity index (χ4n) is 2.69. The van der Waals surface area contributed by atoms with Crippen LogP contribution in [0.5, 0.6) is 5.75 Å². The minimum absolute atomic E-state index is 0.205. The third-order valence-corrected chi connectivity index (χ3v) is 4.57. The third-order valence-electron chi connectivity index (χ3n) is 4.01. The Hall–Kier alpha value is -1.86. The standard InChI is InChI=1S/C16H15BrClN5O/c1-24-12-6-2-10(3-7-12)8-22(11-4-5-11)16-21-14(18)20-15-19-13(17)9-23(15)16/h2-3,6-7,9,11H,4-5,8H2,1H3. The first kappa shape index (κ1) is 15.7. The van der Waals surface area contributed by atoms with Crippen molar-refractivity contribution in [1.29, 1.82) is 0 Å². The average Bonchev–Trinajstić information content (AvgIpc) is 3.34. The summed E-state index contributed by atoms with van der Waals surface area (Å²) in [6.45, 7) is 0.743. The molecule has 0 spiro atoms. The highest BCUT2D eigenvalue weighted by molar-refractivity contribution is 9.10. The van der Waals surface area contributed by atoms with Crippen LogP contribution >= 0.6 is 27.5 Å². The van der Waals surface area contributed by atoms with Gasteiger partial charge >= 0.3 is 0 Å². The Bertz CT molecular complexity index is 878. The second-order valence-electron chi connectivity index (χ2n) is 5.73. The molecule has 1 aliphatic rings. The summed E-state index contributed by atoms with van der Waals surface area (Å²) in [7, 11) is 1.67. The Balaban J connectivity index is 1.73. The molecule has 3 aromatic rings. The van der Waals surface area contributed by atoms with E-state index < -0.39 is 0 Å². The van der Waals surface area contributed by atoms with Crippen molar-refractivity contribution in [2.24, 2.45) is 0 Å². The van der Waals surface area contributed by atoms with Crippen LogP contribution in [-0.2, 0) is 6.54 Å². The lowest BCUT2D eigenvalue weighted by Gasteiger charge is -2.24. The van der Waals surface area contributed by atoms with E-state index in [1.807, 2.05) is 22.7 Å². The van der Waals surface area contributed by atoms with Crippen molar-refractivity contribution >= 4 is 39.3 Å². The van der Waals surface area contributed by atoms with Crippen molar-refractivity contribution in [2.45, 2.75) is 25.4 Å². The van der Waals surface area contributed by atoms with Crippen LogP contribution < -0.4 is 9.64 Å². The lowest BCUT2D eigenvalue weighted by molar-refractivity contribution is 0.414. The summed E-state index contributed by atoms with van der Waals surface area (Å²) in [6.07, 6.45) is 4.16. The van der Waals surface area contributed by atoms with Gasteiger partial charge in [0.15, 0.2) is 0 Å². The van der Waals surface area contributed by atoms with Gasteiger partial charge in [-0.05, 0) is 58.1 Å². The van der Waals surface area contributed by atoms with Crippen LogP contribution in [0.1, 0.15) is 18.4 Å². The molecule has 0 aliphatic heterocycles. The number of halogens is 2. The molecule has 0 radical (unpaired) electrons. The maximum absolute atomic E-state index is 6.11. The van der Waals surface area contributed by atoms with Crippen molar-refractivity contribution in [3.8, 4) is 5.75 Å². The quantitative estimate of drug-likeness (QED) is 0.644. The van der Waals surface area contributed by atoms with Gasteiger partial charge in [0.1, 0.15) is 10.4 Å². The van der Waals surface area contributed by atoms with E-state index in [1.165, 1.54) is 5.56 Å². The van der Waals surface area contributed by atoms with Crippen molar-refractivity contribution in [2.75, 3.05) is 12.0 Å². The summed E-state index contributed by atoms with van der Waals surface area (Å²) in [5.41, 5.74) is 1.18. The molecule has 2 heterocycles.